The SMILES string of the molecule is CNC(=O)OCC(C)(C)CO. The largest absolute Gasteiger partial charge is 0.449 e. The van der Waals surface area contributed by atoms with Crippen LogP contribution in [0.2, 0.25) is 0 Å². The van der Waals surface area contributed by atoms with Crippen LogP contribution in [0.1, 0.15) is 13.8 Å². The van der Waals surface area contributed by atoms with E-state index in [2.05, 4.69) is 5.32 Å². The van der Waals surface area contributed by atoms with Crippen LogP contribution in [0.3, 0.4) is 0 Å². The second-order valence-electron chi connectivity index (χ2n) is 3.15. The molecule has 0 aliphatic rings. The molecule has 0 spiro atoms. The fraction of sp³-hybridized carbons (Fsp3) is 0.857. The average Bonchev–Trinajstić information content (AvgIpc) is 2.00. The van der Waals surface area contributed by atoms with Gasteiger partial charge in [-0.1, -0.05) is 13.8 Å². The molecule has 66 valence electrons. The first-order valence-corrected chi connectivity index (χ1v) is 3.47. The highest BCUT2D eigenvalue weighted by Crippen LogP contribution is 2.13. The summed E-state index contributed by atoms with van der Waals surface area (Å²) in [6.07, 6.45) is -0.466. The first kappa shape index (κ1) is 10.2. The third-order valence-corrected chi connectivity index (χ3v) is 1.23. The third-order valence-electron chi connectivity index (χ3n) is 1.23. The Morgan fingerprint density at radius 1 is 1.64 bits per heavy atom. The lowest BCUT2D eigenvalue weighted by atomic mass is 9.97. The normalized spacial score (nSPS) is 10.9. The van der Waals surface area contributed by atoms with Gasteiger partial charge in [-0.05, 0) is 0 Å². The monoisotopic (exact) mass is 161 g/mol. The molecule has 1 amide bonds. The molecule has 0 aromatic carbocycles. The predicted octanol–water partition coefficient (Wildman–Crippen LogP) is 0.361. The van der Waals surface area contributed by atoms with Crippen molar-refractivity contribution in [3.8, 4) is 0 Å². The van der Waals surface area contributed by atoms with E-state index in [-0.39, 0.29) is 18.6 Å². The number of amides is 1. The Hall–Kier alpha value is -0.770. The summed E-state index contributed by atoms with van der Waals surface area (Å²) in [7, 11) is 1.49. The standard InChI is InChI=1S/C7H15NO3/c1-7(2,4-9)5-11-6(10)8-3/h9H,4-5H2,1-3H3,(H,8,10). The predicted molar refractivity (Wildman–Crippen MR) is 41.3 cm³/mol. The van der Waals surface area contributed by atoms with Crippen LogP contribution in [0.15, 0.2) is 0 Å². The fourth-order valence-corrected chi connectivity index (χ4v) is 0.379. The summed E-state index contributed by atoms with van der Waals surface area (Å²) in [5, 5.41) is 11.1. The fourth-order valence-electron chi connectivity index (χ4n) is 0.379. The van der Waals surface area contributed by atoms with E-state index in [0.29, 0.717) is 0 Å². The molecule has 0 saturated heterocycles. The summed E-state index contributed by atoms with van der Waals surface area (Å²) in [4.78, 5) is 10.6. The zero-order chi connectivity index (χ0) is 8.91. The van der Waals surface area contributed by atoms with E-state index < -0.39 is 6.09 Å². The first-order chi connectivity index (χ1) is 5.02. The molecule has 0 radical (unpaired) electrons. The lowest BCUT2D eigenvalue weighted by Crippen LogP contribution is -2.29. The lowest BCUT2D eigenvalue weighted by molar-refractivity contribution is 0.0619. The van der Waals surface area contributed by atoms with Gasteiger partial charge in [0.05, 0.1) is 6.61 Å². The molecule has 0 aromatic heterocycles. The molecule has 11 heavy (non-hydrogen) atoms. The molecule has 0 aromatic rings. The van der Waals surface area contributed by atoms with Crippen LogP contribution in [0.25, 0.3) is 0 Å². The highest BCUT2D eigenvalue weighted by molar-refractivity contribution is 5.66. The molecule has 0 unspecified atom stereocenters. The van der Waals surface area contributed by atoms with Gasteiger partial charge >= 0.3 is 6.09 Å². The van der Waals surface area contributed by atoms with Gasteiger partial charge in [0.2, 0.25) is 0 Å². The van der Waals surface area contributed by atoms with Crippen LogP contribution in [0.4, 0.5) is 4.79 Å². The van der Waals surface area contributed by atoms with Crippen molar-refractivity contribution in [2.24, 2.45) is 5.41 Å². The number of aliphatic hydroxyl groups excluding tert-OH is 1. The summed E-state index contributed by atoms with van der Waals surface area (Å²) in [5.41, 5.74) is -0.355. The van der Waals surface area contributed by atoms with E-state index in [9.17, 15) is 4.79 Å². The smallest absolute Gasteiger partial charge is 0.406 e. The number of rotatable bonds is 3. The molecular formula is C7H15NO3. The summed E-state index contributed by atoms with van der Waals surface area (Å²) >= 11 is 0. The molecule has 0 aliphatic carbocycles. The first-order valence-electron chi connectivity index (χ1n) is 3.47. The van der Waals surface area contributed by atoms with E-state index in [1.807, 2.05) is 13.8 Å². The Bertz CT molecular complexity index is 134. The minimum absolute atomic E-state index is 0.00396. The van der Waals surface area contributed by atoms with Crippen molar-refractivity contribution in [2.45, 2.75) is 13.8 Å². The third kappa shape index (κ3) is 4.61. The van der Waals surface area contributed by atoms with Crippen LogP contribution >= 0.6 is 0 Å². The van der Waals surface area contributed by atoms with Crippen molar-refractivity contribution in [2.75, 3.05) is 20.3 Å². The highest BCUT2D eigenvalue weighted by Gasteiger charge is 2.18. The maximum atomic E-state index is 10.6. The van der Waals surface area contributed by atoms with Gasteiger partial charge in [0, 0.05) is 12.5 Å². The number of hydrogen-bond acceptors (Lipinski definition) is 3. The topological polar surface area (TPSA) is 58.6 Å². The van der Waals surface area contributed by atoms with Gasteiger partial charge in [-0.25, -0.2) is 4.79 Å². The molecule has 0 rings (SSSR count). The second-order valence-corrected chi connectivity index (χ2v) is 3.15. The zero-order valence-corrected chi connectivity index (χ0v) is 7.18. The number of nitrogens with one attached hydrogen (secondary N) is 1. The highest BCUT2D eigenvalue weighted by atomic mass is 16.5. The van der Waals surface area contributed by atoms with Gasteiger partial charge in [0.25, 0.3) is 0 Å². The van der Waals surface area contributed by atoms with Gasteiger partial charge < -0.3 is 15.2 Å². The molecule has 0 bridgehead atoms. The zero-order valence-electron chi connectivity index (χ0n) is 7.18. The molecule has 0 heterocycles. The Kier molecular flexibility index (Phi) is 3.89. The molecular weight excluding hydrogens is 146 g/mol. The number of carbonyl (C=O) groups is 1. The van der Waals surface area contributed by atoms with E-state index in [1.165, 1.54) is 7.05 Å². The van der Waals surface area contributed by atoms with Crippen LogP contribution < -0.4 is 5.32 Å². The van der Waals surface area contributed by atoms with Crippen molar-refractivity contribution >= 4 is 6.09 Å². The maximum absolute atomic E-state index is 10.6. The number of ether oxygens (including phenoxy) is 1. The van der Waals surface area contributed by atoms with Crippen LogP contribution in [0, 0.1) is 5.41 Å². The Morgan fingerprint density at radius 3 is 2.55 bits per heavy atom. The lowest BCUT2D eigenvalue weighted by Gasteiger charge is -2.20. The van der Waals surface area contributed by atoms with E-state index >= 15 is 0 Å². The Balaban J connectivity index is 3.61. The molecule has 0 saturated carbocycles. The minimum Gasteiger partial charge on any atom is -0.449 e. The number of carbonyl (C=O) groups excluding carboxylic acids is 1. The quantitative estimate of drug-likeness (QED) is 0.628. The summed E-state index contributed by atoms with van der Waals surface area (Å²) < 4.78 is 4.74. The molecule has 4 nitrogen and oxygen atoms in total. The van der Waals surface area contributed by atoms with Crippen LogP contribution in [-0.2, 0) is 4.74 Å². The van der Waals surface area contributed by atoms with Crippen LogP contribution in [0.5, 0.6) is 0 Å². The summed E-state index contributed by atoms with van der Waals surface area (Å²) in [6.45, 7) is 3.86. The summed E-state index contributed by atoms with van der Waals surface area (Å²) in [5.74, 6) is 0. The Labute approximate surface area is 66.5 Å². The maximum Gasteiger partial charge on any atom is 0.406 e. The molecule has 2 N–H and O–H groups in total. The van der Waals surface area contributed by atoms with Crippen molar-refractivity contribution in [1.82, 2.24) is 5.32 Å². The summed E-state index contributed by atoms with van der Waals surface area (Å²) in [6, 6.07) is 0. The van der Waals surface area contributed by atoms with Crippen molar-refractivity contribution in [3.05, 3.63) is 0 Å². The minimum atomic E-state index is -0.466. The number of aliphatic hydroxyl groups is 1. The van der Waals surface area contributed by atoms with E-state index in [1.54, 1.807) is 0 Å². The van der Waals surface area contributed by atoms with Crippen LogP contribution in [-0.4, -0.2) is 31.5 Å². The van der Waals surface area contributed by atoms with Gasteiger partial charge in [-0.3, -0.25) is 0 Å². The van der Waals surface area contributed by atoms with Gasteiger partial charge in [-0.15, -0.1) is 0 Å². The Morgan fingerprint density at radius 2 is 2.18 bits per heavy atom. The molecule has 4 heteroatoms. The van der Waals surface area contributed by atoms with Gasteiger partial charge in [0.15, 0.2) is 0 Å². The van der Waals surface area contributed by atoms with E-state index in [4.69, 9.17) is 9.84 Å². The van der Waals surface area contributed by atoms with Gasteiger partial charge in [-0.2, -0.15) is 0 Å². The average molecular weight is 161 g/mol. The number of hydrogen-bond donors (Lipinski definition) is 2. The van der Waals surface area contributed by atoms with Crippen molar-refractivity contribution < 1.29 is 14.6 Å². The van der Waals surface area contributed by atoms with Gasteiger partial charge in [0.1, 0.15) is 6.61 Å². The molecule has 0 aliphatic heterocycles. The second kappa shape index (κ2) is 4.18. The van der Waals surface area contributed by atoms with E-state index in [0.717, 1.165) is 0 Å². The number of alkyl carbamates (subject to hydrolysis) is 1. The molecule has 0 atom stereocenters. The molecule has 0 fully saturated rings. The van der Waals surface area contributed by atoms with Crippen molar-refractivity contribution in [1.29, 1.82) is 0 Å². The van der Waals surface area contributed by atoms with Crippen molar-refractivity contribution in [3.63, 3.8) is 0 Å².